The summed E-state index contributed by atoms with van der Waals surface area (Å²) in [5.74, 6) is -0.359. The van der Waals surface area contributed by atoms with Crippen molar-refractivity contribution in [3.05, 3.63) is 64.0 Å². The highest BCUT2D eigenvalue weighted by molar-refractivity contribution is 7.15. The van der Waals surface area contributed by atoms with Gasteiger partial charge in [-0.1, -0.05) is 30.7 Å². The summed E-state index contributed by atoms with van der Waals surface area (Å²) < 4.78 is 10.8. The minimum Gasteiger partial charge on any atom is -0.491 e. The number of thiophene rings is 1. The van der Waals surface area contributed by atoms with E-state index in [1.54, 1.807) is 42.6 Å². The molecular formula is C23H23ClN2O4S. The van der Waals surface area contributed by atoms with Gasteiger partial charge in [-0.05, 0) is 49.2 Å². The van der Waals surface area contributed by atoms with Gasteiger partial charge in [0.05, 0.1) is 18.9 Å². The number of amides is 1. The van der Waals surface area contributed by atoms with Gasteiger partial charge in [0.25, 0.3) is 5.91 Å². The molecule has 1 aromatic heterocycles. The Bertz CT molecular complexity index is 1080. The quantitative estimate of drug-likeness (QED) is 0.325. The van der Waals surface area contributed by atoms with E-state index in [4.69, 9.17) is 26.8 Å². The molecule has 0 aliphatic rings. The molecule has 8 heteroatoms. The lowest BCUT2D eigenvalue weighted by atomic mass is 10.0. The molecule has 0 bridgehead atoms. The number of hydrogen-bond acceptors (Lipinski definition) is 6. The van der Waals surface area contributed by atoms with Crippen molar-refractivity contribution in [1.82, 2.24) is 0 Å². The van der Waals surface area contributed by atoms with E-state index in [0.717, 1.165) is 12.0 Å². The number of halogens is 1. The number of carbonyl (C=O) groups is 2. The van der Waals surface area contributed by atoms with Crippen LogP contribution < -0.4 is 15.8 Å². The molecule has 0 aliphatic heterocycles. The average molecular weight is 459 g/mol. The van der Waals surface area contributed by atoms with Crippen LogP contribution in [-0.4, -0.2) is 25.1 Å². The molecule has 0 unspecified atom stereocenters. The number of ether oxygens (including phenoxy) is 2. The predicted molar refractivity (Wildman–Crippen MR) is 125 cm³/mol. The smallest absolute Gasteiger partial charge is 0.341 e. The second kappa shape index (κ2) is 10.3. The van der Waals surface area contributed by atoms with Crippen LogP contribution in [0.5, 0.6) is 5.75 Å². The molecule has 0 aliphatic carbocycles. The van der Waals surface area contributed by atoms with Crippen molar-refractivity contribution < 1.29 is 19.1 Å². The van der Waals surface area contributed by atoms with Gasteiger partial charge in [0.2, 0.25) is 0 Å². The highest BCUT2D eigenvalue weighted by Crippen LogP contribution is 2.37. The third kappa shape index (κ3) is 5.37. The van der Waals surface area contributed by atoms with E-state index >= 15 is 0 Å². The van der Waals surface area contributed by atoms with Crippen LogP contribution in [0.4, 0.5) is 10.7 Å². The van der Waals surface area contributed by atoms with E-state index in [2.05, 4.69) is 5.32 Å². The summed E-state index contributed by atoms with van der Waals surface area (Å²) in [5.41, 5.74) is 8.52. The van der Waals surface area contributed by atoms with Crippen LogP contribution in [0, 0.1) is 0 Å². The average Bonchev–Trinajstić information content (AvgIpc) is 3.17. The summed E-state index contributed by atoms with van der Waals surface area (Å²) in [4.78, 5) is 25.5. The van der Waals surface area contributed by atoms with E-state index in [1.807, 2.05) is 19.1 Å². The first-order valence-corrected chi connectivity index (χ1v) is 11.1. The van der Waals surface area contributed by atoms with E-state index in [-0.39, 0.29) is 12.5 Å². The van der Waals surface area contributed by atoms with Gasteiger partial charge in [0.15, 0.2) is 0 Å². The van der Waals surface area contributed by atoms with Crippen LogP contribution in [0.15, 0.2) is 47.8 Å². The van der Waals surface area contributed by atoms with E-state index < -0.39 is 5.97 Å². The first kappa shape index (κ1) is 22.7. The molecule has 0 spiro atoms. The number of anilines is 2. The van der Waals surface area contributed by atoms with Gasteiger partial charge in [0, 0.05) is 21.5 Å². The zero-order valence-electron chi connectivity index (χ0n) is 17.2. The maximum atomic E-state index is 12.8. The number of nitrogens with two attached hydrogens (primary N) is 1. The minimum absolute atomic E-state index is 0.220. The summed E-state index contributed by atoms with van der Waals surface area (Å²) in [6.45, 7) is 4.49. The van der Waals surface area contributed by atoms with E-state index in [9.17, 15) is 9.59 Å². The van der Waals surface area contributed by atoms with E-state index in [0.29, 0.717) is 44.8 Å². The molecule has 31 heavy (non-hydrogen) atoms. The Morgan fingerprint density at radius 2 is 1.87 bits per heavy atom. The molecule has 0 saturated heterocycles. The third-order valence-corrected chi connectivity index (χ3v) is 5.53. The Balaban J connectivity index is 1.90. The Morgan fingerprint density at radius 3 is 2.52 bits per heavy atom. The monoisotopic (exact) mass is 458 g/mol. The van der Waals surface area contributed by atoms with E-state index in [1.165, 1.54) is 11.3 Å². The number of nitrogens with one attached hydrogen (secondary N) is 1. The maximum Gasteiger partial charge on any atom is 0.341 e. The SMILES string of the molecule is CCCOc1ccc(C(=O)Nc2scc(-c3ccc(Cl)cc3)c2C(=O)OCC)cc1N. The lowest BCUT2D eigenvalue weighted by Crippen LogP contribution is -2.15. The van der Waals surface area contributed by atoms with Crippen LogP contribution in [0.1, 0.15) is 41.0 Å². The second-order valence-corrected chi connectivity index (χ2v) is 7.95. The van der Waals surface area contributed by atoms with Crippen LogP contribution in [-0.2, 0) is 4.74 Å². The lowest BCUT2D eigenvalue weighted by Gasteiger charge is -2.11. The molecular weight excluding hydrogens is 436 g/mol. The van der Waals surface area contributed by atoms with Gasteiger partial charge in [-0.15, -0.1) is 11.3 Å². The maximum absolute atomic E-state index is 12.8. The fourth-order valence-electron chi connectivity index (χ4n) is 2.91. The van der Waals surface area contributed by atoms with Crippen molar-refractivity contribution in [3.8, 4) is 16.9 Å². The summed E-state index contributed by atoms with van der Waals surface area (Å²) in [7, 11) is 0. The molecule has 1 heterocycles. The summed E-state index contributed by atoms with van der Waals surface area (Å²) >= 11 is 7.23. The summed E-state index contributed by atoms with van der Waals surface area (Å²) in [6.07, 6.45) is 0.854. The number of carbonyl (C=O) groups excluding carboxylic acids is 2. The Morgan fingerprint density at radius 1 is 1.13 bits per heavy atom. The highest BCUT2D eigenvalue weighted by atomic mass is 35.5. The van der Waals surface area contributed by atoms with Crippen LogP contribution in [0.3, 0.4) is 0 Å². The van der Waals surface area contributed by atoms with Gasteiger partial charge in [-0.2, -0.15) is 0 Å². The lowest BCUT2D eigenvalue weighted by molar-refractivity contribution is 0.0529. The van der Waals surface area contributed by atoms with Gasteiger partial charge in [-0.3, -0.25) is 4.79 Å². The van der Waals surface area contributed by atoms with Crippen LogP contribution in [0.2, 0.25) is 5.02 Å². The summed E-state index contributed by atoms with van der Waals surface area (Å²) in [6, 6.07) is 12.0. The Kier molecular flexibility index (Phi) is 7.55. The molecule has 6 nitrogen and oxygen atoms in total. The summed E-state index contributed by atoms with van der Waals surface area (Å²) in [5, 5.41) is 5.61. The zero-order valence-corrected chi connectivity index (χ0v) is 18.8. The highest BCUT2D eigenvalue weighted by Gasteiger charge is 2.23. The van der Waals surface area contributed by atoms with Crippen molar-refractivity contribution in [1.29, 1.82) is 0 Å². The van der Waals surface area contributed by atoms with Gasteiger partial charge < -0.3 is 20.5 Å². The number of hydrogen-bond donors (Lipinski definition) is 2. The van der Waals surface area contributed by atoms with Crippen molar-refractivity contribution in [2.75, 3.05) is 24.3 Å². The Hall–Kier alpha value is -3.03. The first-order chi connectivity index (χ1) is 14.9. The molecule has 0 atom stereocenters. The van der Waals surface area contributed by atoms with Gasteiger partial charge in [-0.25, -0.2) is 4.79 Å². The number of benzene rings is 2. The third-order valence-electron chi connectivity index (χ3n) is 4.39. The van der Waals surface area contributed by atoms with Crippen molar-refractivity contribution in [3.63, 3.8) is 0 Å². The van der Waals surface area contributed by atoms with Gasteiger partial charge in [0.1, 0.15) is 16.3 Å². The normalized spacial score (nSPS) is 10.5. The second-order valence-electron chi connectivity index (χ2n) is 6.64. The molecule has 162 valence electrons. The van der Waals surface area contributed by atoms with Crippen molar-refractivity contribution in [2.24, 2.45) is 0 Å². The molecule has 2 aromatic carbocycles. The van der Waals surface area contributed by atoms with Crippen LogP contribution >= 0.6 is 22.9 Å². The fraction of sp³-hybridized carbons (Fsp3) is 0.217. The molecule has 0 saturated carbocycles. The zero-order chi connectivity index (χ0) is 22.4. The molecule has 3 rings (SSSR count). The molecule has 0 radical (unpaired) electrons. The molecule has 1 amide bonds. The Labute approximate surface area is 189 Å². The predicted octanol–water partition coefficient (Wildman–Crippen LogP) is 5.87. The van der Waals surface area contributed by atoms with Crippen molar-refractivity contribution >= 4 is 45.5 Å². The standard InChI is InChI=1S/C23H23ClN2O4S/c1-3-11-30-19-10-7-15(12-18(19)25)21(27)26-22-20(23(28)29-4-2)17(13-31-22)14-5-8-16(24)9-6-14/h5-10,12-13H,3-4,11,25H2,1-2H3,(H,26,27). The molecule has 0 fully saturated rings. The fourth-order valence-corrected chi connectivity index (χ4v) is 3.98. The molecule has 3 N–H and O–H groups in total. The largest absolute Gasteiger partial charge is 0.491 e. The van der Waals surface area contributed by atoms with Crippen molar-refractivity contribution in [2.45, 2.75) is 20.3 Å². The number of rotatable bonds is 8. The van der Waals surface area contributed by atoms with Crippen LogP contribution in [0.25, 0.3) is 11.1 Å². The number of nitrogen functional groups attached to an aromatic ring is 1. The molecule has 3 aromatic rings. The first-order valence-electron chi connectivity index (χ1n) is 9.82. The minimum atomic E-state index is -0.508. The number of esters is 1. The topological polar surface area (TPSA) is 90.6 Å². The van der Waals surface area contributed by atoms with Gasteiger partial charge >= 0.3 is 5.97 Å².